The number of fused-ring (bicyclic) bond motifs is 1. The Balaban J connectivity index is 2.64. The lowest BCUT2D eigenvalue weighted by Crippen LogP contribution is -2.01. The molecule has 78 valence electrons. The van der Waals surface area contributed by atoms with Gasteiger partial charge in [0.05, 0.1) is 12.7 Å². The molecular formula is C11H11NO3. The molecule has 0 aliphatic rings. The summed E-state index contributed by atoms with van der Waals surface area (Å²) in [6, 6.07) is 5.21. The van der Waals surface area contributed by atoms with E-state index in [9.17, 15) is 4.79 Å². The van der Waals surface area contributed by atoms with Crippen LogP contribution in [0.15, 0.2) is 22.6 Å². The lowest BCUT2D eigenvalue weighted by Gasteiger charge is -1.97. The zero-order valence-electron chi connectivity index (χ0n) is 8.61. The lowest BCUT2D eigenvalue weighted by atomic mass is 10.2. The van der Waals surface area contributed by atoms with Gasteiger partial charge in [-0.05, 0) is 12.1 Å². The first kappa shape index (κ1) is 9.71. The Morgan fingerprint density at radius 1 is 1.53 bits per heavy atom. The second-order valence-corrected chi connectivity index (χ2v) is 3.11. The first-order chi connectivity index (χ1) is 7.26. The molecule has 15 heavy (non-hydrogen) atoms. The Bertz CT molecular complexity index is 502. The maximum absolute atomic E-state index is 11.4. The number of rotatable bonds is 2. The standard InChI is InChI=1S/C11H11NO3/c1-3-9-12-10-7(11(13)14-2)5-4-6-8(10)15-9/h4-6H,3H2,1-2H3. The van der Waals surface area contributed by atoms with E-state index >= 15 is 0 Å². The fraction of sp³-hybridized carbons (Fsp3) is 0.273. The van der Waals surface area contributed by atoms with Crippen molar-refractivity contribution in [1.29, 1.82) is 0 Å². The fourth-order valence-electron chi connectivity index (χ4n) is 1.42. The van der Waals surface area contributed by atoms with E-state index in [1.54, 1.807) is 18.2 Å². The average molecular weight is 205 g/mol. The summed E-state index contributed by atoms with van der Waals surface area (Å²) in [6.45, 7) is 1.95. The quantitative estimate of drug-likeness (QED) is 0.705. The van der Waals surface area contributed by atoms with Crippen molar-refractivity contribution in [3.8, 4) is 0 Å². The van der Waals surface area contributed by atoms with Gasteiger partial charge in [0, 0.05) is 6.42 Å². The normalized spacial score (nSPS) is 10.5. The van der Waals surface area contributed by atoms with Gasteiger partial charge in [-0.2, -0.15) is 0 Å². The van der Waals surface area contributed by atoms with Crippen molar-refractivity contribution in [3.63, 3.8) is 0 Å². The number of hydrogen-bond acceptors (Lipinski definition) is 4. The second kappa shape index (κ2) is 3.73. The minimum absolute atomic E-state index is 0.392. The van der Waals surface area contributed by atoms with Gasteiger partial charge in [0.2, 0.25) is 0 Å². The highest BCUT2D eigenvalue weighted by Gasteiger charge is 2.14. The topological polar surface area (TPSA) is 52.3 Å². The monoisotopic (exact) mass is 205 g/mol. The molecule has 0 radical (unpaired) electrons. The first-order valence-corrected chi connectivity index (χ1v) is 4.73. The number of oxazole rings is 1. The third-order valence-corrected chi connectivity index (χ3v) is 2.17. The van der Waals surface area contributed by atoms with Crippen LogP contribution in [-0.2, 0) is 11.2 Å². The molecule has 0 saturated heterocycles. The van der Waals surface area contributed by atoms with E-state index in [1.165, 1.54) is 7.11 Å². The minimum Gasteiger partial charge on any atom is -0.465 e. The van der Waals surface area contributed by atoms with Crippen molar-refractivity contribution in [2.24, 2.45) is 0 Å². The first-order valence-electron chi connectivity index (χ1n) is 4.73. The zero-order chi connectivity index (χ0) is 10.8. The number of carbonyl (C=O) groups excluding carboxylic acids is 1. The average Bonchev–Trinajstić information content (AvgIpc) is 2.70. The molecule has 0 aliphatic heterocycles. The summed E-state index contributed by atoms with van der Waals surface area (Å²) in [4.78, 5) is 15.7. The number of esters is 1. The van der Waals surface area contributed by atoms with Gasteiger partial charge >= 0.3 is 5.97 Å². The second-order valence-electron chi connectivity index (χ2n) is 3.11. The van der Waals surface area contributed by atoms with E-state index in [0.29, 0.717) is 29.0 Å². The molecular weight excluding hydrogens is 194 g/mol. The summed E-state index contributed by atoms with van der Waals surface area (Å²) in [5, 5.41) is 0. The molecule has 2 aromatic rings. The Kier molecular flexibility index (Phi) is 2.41. The molecule has 0 fully saturated rings. The van der Waals surface area contributed by atoms with Gasteiger partial charge < -0.3 is 9.15 Å². The Hall–Kier alpha value is -1.84. The third-order valence-electron chi connectivity index (χ3n) is 2.17. The van der Waals surface area contributed by atoms with Gasteiger partial charge in [0.25, 0.3) is 0 Å². The number of benzene rings is 1. The molecule has 0 saturated carbocycles. The molecule has 0 spiro atoms. The van der Waals surface area contributed by atoms with Crippen LogP contribution in [0.25, 0.3) is 11.1 Å². The van der Waals surface area contributed by atoms with Gasteiger partial charge in [-0.3, -0.25) is 0 Å². The molecule has 0 aliphatic carbocycles. The van der Waals surface area contributed by atoms with Crippen LogP contribution in [0, 0.1) is 0 Å². The highest BCUT2D eigenvalue weighted by atomic mass is 16.5. The van der Waals surface area contributed by atoms with Crippen molar-refractivity contribution < 1.29 is 13.9 Å². The minimum atomic E-state index is -0.392. The zero-order valence-corrected chi connectivity index (χ0v) is 8.61. The molecule has 0 atom stereocenters. The fourth-order valence-corrected chi connectivity index (χ4v) is 1.42. The summed E-state index contributed by atoms with van der Waals surface area (Å²) < 4.78 is 10.1. The van der Waals surface area contributed by atoms with Gasteiger partial charge in [-0.1, -0.05) is 13.0 Å². The van der Waals surface area contributed by atoms with E-state index in [4.69, 9.17) is 4.42 Å². The van der Waals surface area contributed by atoms with Crippen LogP contribution >= 0.6 is 0 Å². The Morgan fingerprint density at radius 3 is 3.00 bits per heavy atom. The van der Waals surface area contributed by atoms with Crippen LogP contribution in [0.4, 0.5) is 0 Å². The molecule has 1 aromatic carbocycles. The number of methoxy groups -OCH3 is 1. The van der Waals surface area contributed by atoms with Crippen LogP contribution in [0.2, 0.25) is 0 Å². The number of ether oxygens (including phenoxy) is 1. The van der Waals surface area contributed by atoms with Gasteiger partial charge in [0.15, 0.2) is 11.5 Å². The number of carbonyl (C=O) groups is 1. The van der Waals surface area contributed by atoms with Gasteiger partial charge in [-0.25, -0.2) is 9.78 Å². The Labute approximate surface area is 86.9 Å². The van der Waals surface area contributed by atoms with Crippen molar-refractivity contribution >= 4 is 17.1 Å². The maximum Gasteiger partial charge on any atom is 0.340 e. The van der Waals surface area contributed by atoms with E-state index in [2.05, 4.69) is 9.72 Å². The van der Waals surface area contributed by atoms with E-state index in [1.807, 2.05) is 6.92 Å². The Morgan fingerprint density at radius 2 is 2.33 bits per heavy atom. The van der Waals surface area contributed by atoms with Crippen LogP contribution < -0.4 is 0 Å². The van der Waals surface area contributed by atoms with Crippen LogP contribution in [0.1, 0.15) is 23.2 Å². The van der Waals surface area contributed by atoms with Crippen LogP contribution in [0.3, 0.4) is 0 Å². The van der Waals surface area contributed by atoms with E-state index in [-0.39, 0.29) is 0 Å². The highest BCUT2D eigenvalue weighted by molar-refractivity contribution is 6.01. The molecule has 1 aromatic heterocycles. The van der Waals surface area contributed by atoms with Crippen LogP contribution in [0.5, 0.6) is 0 Å². The predicted molar refractivity (Wildman–Crippen MR) is 54.7 cm³/mol. The molecule has 4 heteroatoms. The summed E-state index contributed by atoms with van der Waals surface area (Å²) in [6.07, 6.45) is 0.704. The smallest absolute Gasteiger partial charge is 0.340 e. The summed E-state index contributed by atoms with van der Waals surface area (Å²) >= 11 is 0. The number of para-hydroxylation sites is 1. The molecule has 0 N–H and O–H groups in total. The molecule has 1 heterocycles. The maximum atomic E-state index is 11.4. The van der Waals surface area contributed by atoms with Gasteiger partial charge in [-0.15, -0.1) is 0 Å². The summed E-state index contributed by atoms with van der Waals surface area (Å²) in [5.74, 6) is 0.234. The molecule has 4 nitrogen and oxygen atoms in total. The number of aromatic nitrogens is 1. The van der Waals surface area contributed by atoms with Crippen molar-refractivity contribution in [2.45, 2.75) is 13.3 Å². The van der Waals surface area contributed by atoms with Crippen LogP contribution in [-0.4, -0.2) is 18.1 Å². The van der Waals surface area contributed by atoms with Crippen molar-refractivity contribution in [1.82, 2.24) is 4.98 Å². The number of aryl methyl sites for hydroxylation is 1. The lowest BCUT2D eigenvalue weighted by molar-refractivity contribution is 0.0603. The third kappa shape index (κ3) is 1.58. The van der Waals surface area contributed by atoms with Crippen molar-refractivity contribution in [2.75, 3.05) is 7.11 Å². The number of nitrogens with zero attached hydrogens (tertiary/aromatic N) is 1. The van der Waals surface area contributed by atoms with Crippen molar-refractivity contribution in [3.05, 3.63) is 29.7 Å². The molecule has 0 unspecified atom stereocenters. The summed E-state index contributed by atoms with van der Waals surface area (Å²) in [5.41, 5.74) is 1.63. The highest BCUT2D eigenvalue weighted by Crippen LogP contribution is 2.20. The number of hydrogen-bond donors (Lipinski definition) is 0. The molecule has 0 bridgehead atoms. The SMILES string of the molecule is CCc1nc2c(C(=O)OC)cccc2o1. The molecule has 2 rings (SSSR count). The van der Waals surface area contributed by atoms with E-state index < -0.39 is 5.97 Å². The molecule has 0 amide bonds. The predicted octanol–water partition coefficient (Wildman–Crippen LogP) is 2.18. The van der Waals surface area contributed by atoms with E-state index in [0.717, 1.165) is 0 Å². The largest absolute Gasteiger partial charge is 0.465 e. The summed E-state index contributed by atoms with van der Waals surface area (Å²) in [7, 11) is 1.35. The van der Waals surface area contributed by atoms with Gasteiger partial charge in [0.1, 0.15) is 5.52 Å².